The van der Waals surface area contributed by atoms with Crippen LogP contribution in [0.2, 0.25) is 0 Å². The highest BCUT2D eigenvalue weighted by molar-refractivity contribution is 7.89. The minimum Gasteiger partial charge on any atom is -0.339 e. The summed E-state index contributed by atoms with van der Waals surface area (Å²) in [5, 5.41) is 0. The quantitative estimate of drug-likeness (QED) is 0.598. The molecule has 2 saturated heterocycles. The molecule has 1 amide bonds. The Balaban J connectivity index is 1.51. The molecule has 0 spiro atoms. The molecule has 0 aliphatic carbocycles. The van der Waals surface area contributed by atoms with Gasteiger partial charge in [-0.3, -0.25) is 14.5 Å². The lowest BCUT2D eigenvalue weighted by Crippen LogP contribution is -2.52. The Hall–Kier alpha value is -1.77. The van der Waals surface area contributed by atoms with Gasteiger partial charge in [-0.25, -0.2) is 8.42 Å². The maximum absolute atomic E-state index is 12.9. The van der Waals surface area contributed by atoms with Gasteiger partial charge in [-0.1, -0.05) is 31.9 Å². The van der Waals surface area contributed by atoms with Crippen LogP contribution < -0.4 is 0 Å². The van der Waals surface area contributed by atoms with Crippen molar-refractivity contribution in [3.8, 4) is 0 Å². The molecule has 2 heterocycles. The maximum atomic E-state index is 12.9. The summed E-state index contributed by atoms with van der Waals surface area (Å²) < 4.78 is 27.3. The van der Waals surface area contributed by atoms with Crippen molar-refractivity contribution < 1.29 is 18.0 Å². The highest BCUT2D eigenvalue weighted by Crippen LogP contribution is 2.22. The van der Waals surface area contributed by atoms with E-state index in [4.69, 9.17) is 0 Å². The second-order valence-corrected chi connectivity index (χ2v) is 10.7. The Kier molecular flexibility index (Phi) is 8.24. The van der Waals surface area contributed by atoms with Crippen molar-refractivity contribution in [2.75, 3.05) is 45.8 Å². The first-order valence-corrected chi connectivity index (χ1v) is 12.9. The van der Waals surface area contributed by atoms with Gasteiger partial charge >= 0.3 is 0 Å². The van der Waals surface area contributed by atoms with Crippen LogP contribution in [0, 0.1) is 5.92 Å². The normalized spacial score (nSPS) is 21.6. The van der Waals surface area contributed by atoms with E-state index in [9.17, 15) is 18.0 Å². The van der Waals surface area contributed by atoms with Crippen molar-refractivity contribution >= 4 is 21.7 Å². The van der Waals surface area contributed by atoms with E-state index < -0.39 is 10.0 Å². The Morgan fingerprint density at radius 2 is 1.65 bits per heavy atom. The molecule has 2 aliphatic rings. The Bertz CT molecular complexity index is 861. The van der Waals surface area contributed by atoms with Gasteiger partial charge in [-0.15, -0.1) is 0 Å². The van der Waals surface area contributed by atoms with E-state index in [2.05, 4.69) is 11.8 Å². The standard InChI is InChI=1S/C23H35N3O4S/c1-3-5-20-6-4-12-24(13-11-20)18-23(28)25-14-16-26(17-15-25)31(29,30)22-9-7-21(8-10-22)19(2)27/h7-10,20H,3-6,11-18H2,1-2H3. The van der Waals surface area contributed by atoms with E-state index in [1.54, 1.807) is 17.0 Å². The third-order valence-electron chi connectivity index (χ3n) is 6.49. The van der Waals surface area contributed by atoms with Crippen LogP contribution in [0.15, 0.2) is 29.2 Å². The summed E-state index contributed by atoms with van der Waals surface area (Å²) in [5.74, 6) is 0.779. The number of hydrogen-bond acceptors (Lipinski definition) is 5. The molecule has 0 saturated carbocycles. The third-order valence-corrected chi connectivity index (χ3v) is 8.40. The van der Waals surface area contributed by atoms with Crippen molar-refractivity contribution in [1.29, 1.82) is 0 Å². The number of carbonyl (C=O) groups is 2. The summed E-state index contributed by atoms with van der Waals surface area (Å²) in [6.45, 7) is 7.46. The molecule has 7 nitrogen and oxygen atoms in total. The van der Waals surface area contributed by atoms with Gasteiger partial charge in [0, 0.05) is 31.7 Å². The Labute approximate surface area is 186 Å². The number of sulfonamides is 1. The highest BCUT2D eigenvalue weighted by atomic mass is 32.2. The predicted molar refractivity (Wildman–Crippen MR) is 120 cm³/mol. The predicted octanol–water partition coefficient (Wildman–Crippen LogP) is 2.62. The fraction of sp³-hybridized carbons (Fsp3) is 0.652. The lowest BCUT2D eigenvalue weighted by molar-refractivity contribution is -0.133. The van der Waals surface area contributed by atoms with Gasteiger partial charge in [-0.2, -0.15) is 4.31 Å². The molecule has 3 rings (SSSR count). The molecular weight excluding hydrogens is 414 g/mol. The topological polar surface area (TPSA) is 78.0 Å². The minimum atomic E-state index is -3.62. The number of likely N-dealkylation sites (tertiary alicyclic amines) is 1. The van der Waals surface area contributed by atoms with Crippen LogP contribution in [-0.2, 0) is 14.8 Å². The molecule has 0 radical (unpaired) electrons. The number of ketones is 1. The molecule has 172 valence electrons. The minimum absolute atomic E-state index is 0.0943. The monoisotopic (exact) mass is 449 g/mol. The molecule has 31 heavy (non-hydrogen) atoms. The Morgan fingerprint density at radius 1 is 0.968 bits per heavy atom. The summed E-state index contributed by atoms with van der Waals surface area (Å²) >= 11 is 0. The van der Waals surface area contributed by atoms with Crippen molar-refractivity contribution in [1.82, 2.24) is 14.1 Å². The molecule has 2 aliphatic heterocycles. The lowest BCUT2D eigenvalue weighted by atomic mass is 9.96. The smallest absolute Gasteiger partial charge is 0.243 e. The number of amides is 1. The largest absolute Gasteiger partial charge is 0.339 e. The van der Waals surface area contributed by atoms with Crippen LogP contribution in [0.3, 0.4) is 0 Å². The molecule has 1 aromatic rings. The average molecular weight is 450 g/mol. The van der Waals surface area contributed by atoms with E-state index in [-0.39, 0.29) is 16.6 Å². The Morgan fingerprint density at radius 3 is 2.26 bits per heavy atom. The van der Waals surface area contributed by atoms with E-state index in [0.29, 0.717) is 38.3 Å². The number of nitrogens with zero attached hydrogens (tertiary/aromatic N) is 3. The molecule has 2 fully saturated rings. The van der Waals surface area contributed by atoms with Crippen LogP contribution in [-0.4, -0.2) is 80.0 Å². The van der Waals surface area contributed by atoms with Gasteiger partial charge in [-0.05, 0) is 57.3 Å². The first-order chi connectivity index (χ1) is 14.8. The lowest BCUT2D eigenvalue weighted by Gasteiger charge is -2.35. The van der Waals surface area contributed by atoms with E-state index >= 15 is 0 Å². The number of Topliss-reactive ketones (excluding diaryl/α,β-unsaturated/α-hetero) is 1. The van der Waals surface area contributed by atoms with Gasteiger partial charge in [0.05, 0.1) is 11.4 Å². The van der Waals surface area contributed by atoms with Crippen LogP contribution in [0.4, 0.5) is 0 Å². The van der Waals surface area contributed by atoms with E-state index in [0.717, 1.165) is 31.8 Å². The van der Waals surface area contributed by atoms with Crippen LogP contribution in [0.5, 0.6) is 0 Å². The second kappa shape index (κ2) is 10.7. The van der Waals surface area contributed by atoms with Gasteiger partial charge in [0.15, 0.2) is 5.78 Å². The first-order valence-electron chi connectivity index (χ1n) is 11.4. The van der Waals surface area contributed by atoms with Gasteiger partial charge < -0.3 is 4.90 Å². The molecule has 1 atom stereocenters. The van der Waals surface area contributed by atoms with Crippen LogP contribution >= 0.6 is 0 Å². The zero-order chi connectivity index (χ0) is 22.4. The zero-order valence-electron chi connectivity index (χ0n) is 18.8. The summed E-state index contributed by atoms with van der Waals surface area (Å²) in [4.78, 5) is 28.4. The van der Waals surface area contributed by atoms with Crippen molar-refractivity contribution in [3.63, 3.8) is 0 Å². The fourth-order valence-electron chi connectivity index (χ4n) is 4.56. The summed E-state index contributed by atoms with van der Waals surface area (Å²) in [7, 11) is -3.62. The van der Waals surface area contributed by atoms with Crippen LogP contribution in [0.25, 0.3) is 0 Å². The van der Waals surface area contributed by atoms with Crippen molar-refractivity contribution in [2.45, 2.75) is 50.8 Å². The number of hydrogen-bond donors (Lipinski definition) is 0. The summed E-state index contributed by atoms with van der Waals surface area (Å²) in [6.07, 6.45) is 6.05. The maximum Gasteiger partial charge on any atom is 0.243 e. The van der Waals surface area contributed by atoms with Gasteiger partial charge in [0.2, 0.25) is 15.9 Å². The molecule has 0 aromatic heterocycles. The van der Waals surface area contributed by atoms with E-state index in [1.165, 1.54) is 42.6 Å². The molecule has 0 bridgehead atoms. The molecular formula is C23H35N3O4S. The van der Waals surface area contributed by atoms with Gasteiger partial charge in [0.1, 0.15) is 0 Å². The highest BCUT2D eigenvalue weighted by Gasteiger charge is 2.31. The first kappa shape index (κ1) is 23.9. The van der Waals surface area contributed by atoms with Crippen LogP contribution in [0.1, 0.15) is 56.3 Å². The number of benzene rings is 1. The molecule has 1 aromatic carbocycles. The summed E-state index contributed by atoms with van der Waals surface area (Å²) in [5.41, 5.74) is 0.490. The number of piperazine rings is 1. The van der Waals surface area contributed by atoms with Gasteiger partial charge in [0.25, 0.3) is 0 Å². The molecule has 8 heteroatoms. The van der Waals surface area contributed by atoms with Crippen molar-refractivity contribution in [3.05, 3.63) is 29.8 Å². The fourth-order valence-corrected chi connectivity index (χ4v) is 5.98. The average Bonchev–Trinajstić information content (AvgIpc) is 2.99. The SMILES string of the molecule is CCCC1CCCN(CC(=O)N2CCN(S(=O)(=O)c3ccc(C(C)=O)cc3)CC2)CC1. The zero-order valence-corrected chi connectivity index (χ0v) is 19.6. The number of rotatable bonds is 7. The van der Waals surface area contributed by atoms with Crippen molar-refractivity contribution in [2.24, 2.45) is 5.92 Å². The van der Waals surface area contributed by atoms with E-state index in [1.807, 2.05) is 0 Å². The molecule has 0 N–H and O–H groups in total. The molecule has 1 unspecified atom stereocenters. The second-order valence-electron chi connectivity index (χ2n) is 8.73. The summed E-state index contributed by atoms with van der Waals surface area (Å²) in [6, 6.07) is 6.05. The number of carbonyl (C=O) groups excluding carboxylic acids is 2. The third kappa shape index (κ3) is 6.14.